The van der Waals surface area contributed by atoms with Crippen LogP contribution in [0.1, 0.15) is 245 Å². The molecular formula is C62H110NO8P. The Bertz CT molecular complexity index is 1490. The number of quaternary nitrogens is 1. The summed E-state index contributed by atoms with van der Waals surface area (Å²) in [6, 6.07) is 0. The zero-order chi connectivity index (χ0) is 52.7. The van der Waals surface area contributed by atoms with Crippen LogP contribution in [0.5, 0.6) is 0 Å². The molecule has 0 aliphatic heterocycles. The maximum absolute atomic E-state index is 12.8. The number of nitrogens with zero attached hydrogens (tertiary/aromatic N) is 1. The first-order valence-corrected chi connectivity index (χ1v) is 30.8. The van der Waals surface area contributed by atoms with Gasteiger partial charge in [0.05, 0.1) is 27.7 Å². The molecule has 0 aromatic carbocycles. The van der Waals surface area contributed by atoms with E-state index in [0.29, 0.717) is 17.4 Å². The summed E-state index contributed by atoms with van der Waals surface area (Å²) < 4.78 is 34.1. The molecule has 2 atom stereocenters. The zero-order valence-electron chi connectivity index (χ0n) is 47.1. The summed E-state index contributed by atoms with van der Waals surface area (Å²) in [7, 11) is 1.15. The SMILES string of the molecule is CC/C=C\C/C=C\C/C=C\C/C=C\C/C=C\CCCCCCCC(=O)OC(COC(=O)CCCCCCCCCCCCCCCCC/C=C\C/C=C\CCCCCCC)COP(=O)([O-])OCC[N+](C)(C)C. The molecule has 0 aromatic rings. The first-order chi connectivity index (χ1) is 35.0. The van der Waals surface area contributed by atoms with Crippen molar-refractivity contribution in [2.24, 2.45) is 0 Å². The number of esters is 2. The summed E-state index contributed by atoms with van der Waals surface area (Å²) >= 11 is 0. The van der Waals surface area contributed by atoms with Gasteiger partial charge in [-0.3, -0.25) is 14.2 Å². The van der Waals surface area contributed by atoms with E-state index in [1.807, 2.05) is 21.1 Å². The Hall–Kier alpha value is -2.81. The van der Waals surface area contributed by atoms with Gasteiger partial charge in [-0.25, -0.2) is 0 Å². The van der Waals surface area contributed by atoms with Gasteiger partial charge < -0.3 is 27.9 Å². The minimum Gasteiger partial charge on any atom is -0.756 e. The fraction of sp³-hybridized carbons (Fsp3) is 0.742. The van der Waals surface area contributed by atoms with Crippen molar-refractivity contribution in [2.75, 3.05) is 47.5 Å². The number of hydrogen-bond donors (Lipinski definition) is 0. The molecule has 0 aliphatic carbocycles. The van der Waals surface area contributed by atoms with Crippen molar-refractivity contribution >= 4 is 19.8 Å². The first-order valence-electron chi connectivity index (χ1n) is 29.3. The molecule has 0 rings (SSSR count). The van der Waals surface area contributed by atoms with Crippen molar-refractivity contribution in [1.82, 2.24) is 0 Å². The monoisotopic (exact) mass is 1030 g/mol. The van der Waals surface area contributed by atoms with Crippen molar-refractivity contribution in [3.8, 4) is 0 Å². The van der Waals surface area contributed by atoms with Crippen LogP contribution in [0.2, 0.25) is 0 Å². The Balaban J connectivity index is 4.18. The summed E-state index contributed by atoms with van der Waals surface area (Å²) in [5.41, 5.74) is 0. The first kappa shape index (κ1) is 69.2. The average molecular weight is 1030 g/mol. The second-order valence-electron chi connectivity index (χ2n) is 20.6. The van der Waals surface area contributed by atoms with Crippen molar-refractivity contribution < 1.29 is 42.1 Å². The number of ether oxygens (including phenoxy) is 2. The molecule has 0 fully saturated rings. The number of allylic oxidation sites excluding steroid dienone is 14. The minimum absolute atomic E-state index is 0.0384. The number of rotatable bonds is 53. The van der Waals surface area contributed by atoms with Crippen molar-refractivity contribution in [3.05, 3.63) is 85.1 Å². The van der Waals surface area contributed by atoms with E-state index >= 15 is 0 Å². The highest BCUT2D eigenvalue weighted by Gasteiger charge is 2.21. The number of unbranched alkanes of at least 4 members (excludes halogenated alkanes) is 25. The lowest BCUT2D eigenvalue weighted by Gasteiger charge is -2.28. The maximum Gasteiger partial charge on any atom is 0.306 e. The Morgan fingerprint density at radius 1 is 0.444 bits per heavy atom. The van der Waals surface area contributed by atoms with E-state index in [0.717, 1.165) is 89.9 Å². The molecule has 0 aromatic heterocycles. The Labute approximate surface area is 443 Å². The van der Waals surface area contributed by atoms with E-state index in [2.05, 4.69) is 98.9 Å². The van der Waals surface area contributed by atoms with E-state index in [-0.39, 0.29) is 32.0 Å². The second-order valence-corrected chi connectivity index (χ2v) is 22.0. The van der Waals surface area contributed by atoms with Crippen LogP contribution in [0.15, 0.2) is 85.1 Å². The number of hydrogen-bond acceptors (Lipinski definition) is 8. The smallest absolute Gasteiger partial charge is 0.306 e. The highest BCUT2D eigenvalue weighted by atomic mass is 31.2. The third-order valence-corrected chi connectivity index (χ3v) is 13.4. The second kappa shape index (κ2) is 53.0. The van der Waals surface area contributed by atoms with Crippen LogP contribution >= 0.6 is 7.82 Å². The normalized spacial score (nSPS) is 13.9. The van der Waals surface area contributed by atoms with E-state index < -0.39 is 26.5 Å². The van der Waals surface area contributed by atoms with E-state index in [4.69, 9.17) is 18.5 Å². The number of phosphoric ester groups is 1. The lowest BCUT2D eigenvalue weighted by atomic mass is 10.0. The van der Waals surface area contributed by atoms with Crippen LogP contribution in [0.4, 0.5) is 0 Å². The molecule has 0 heterocycles. The van der Waals surface area contributed by atoms with Crippen LogP contribution in [0.3, 0.4) is 0 Å². The van der Waals surface area contributed by atoms with Gasteiger partial charge in [-0.05, 0) is 89.9 Å². The Morgan fingerprint density at radius 2 is 0.792 bits per heavy atom. The molecule has 0 N–H and O–H groups in total. The standard InChI is InChI=1S/C62H110NO8P/c1-6-8-10-12-14-16-18-20-22-24-26-28-29-30-31-32-33-35-36-38-40-42-44-46-48-50-52-54-61(64)68-58-60(59-70-72(66,67)69-57-56-63(3,4)5)71-62(65)55-53-51-49-47-45-43-41-39-37-34-27-25-23-21-19-17-15-13-11-9-7-2/h9,11,15,17-18,20-21,23-24,26-27,34,39,41,60H,6-8,10,12-14,16,19,22,25,28-33,35-38,40,42-59H2,1-5H3/b11-9-,17-15-,20-18-,23-21-,26-24-,34-27-,41-39-. The zero-order valence-corrected chi connectivity index (χ0v) is 48.0. The molecule has 0 saturated heterocycles. The summed E-state index contributed by atoms with van der Waals surface area (Å²) in [5, 5.41) is 0. The third-order valence-electron chi connectivity index (χ3n) is 12.4. The van der Waals surface area contributed by atoms with Crippen LogP contribution in [0, 0.1) is 0 Å². The molecule has 9 nitrogen and oxygen atoms in total. The van der Waals surface area contributed by atoms with Crippen LogP contribution in [-0.2, 0) is 32.7 Å². The third kappa shape index (κ3) is 56.5. The van der Waals surface area contributed by atoms with Gasteiger partial charge >= 0.3 is 11.9 Å². The molecule has 10 heteroatoms. The molecule has 72 heavy (non-hydrogen) atoms. The molecule has 2 unspecified atom stereocenters. The van der Waals surface area contributed by atoms with Crippen molar-refractivity contribution in [1.29, 1.82) is 0 Å². The van der Waals surface area contributed by atoms with Crippen molar-refractivity contribution in [2.45, 2.75) is 251 Å². The highest BCUT2D eigenvalue weighted by Crippen LogP contribution is 2.38. The van der Waals surface area contributed by atoms with E-state index in [1.165, 1.54) is 122 Å². The Kier molecular flexibility index (Phi) is 51.0. The summed E-state index contributed by atoms with van der Waals surface area (Å²) in [5.74, 6) is -0.854. The lowest BCUT2D eigenvalue weighted by molar-refractivity contribution is -0.870. The summed E-state index contributed by atoms with van der Waals surface area (Å²) in [6.07, 6.45) is 70.6. The summed E-state index contributed by atoms with van der Waals surface area (Å²) in [4.78, 5) is 37.9. The molecule has 0 spiro atoms. The minimum atomic E-state index is -4.65. The van der Waals surface area contributed by atoms with E-state index in [1.54, 1.807) is 0 Å². The van der Waals surface area contributed by atoms with Crippen LogP contribution in [0.25, 0.3) is 0 Å². The summed E-state index contributed by atoms with van der Waals surface area (Å²) in [6.45, 7) is 4.10. The number of phosphoric acid groups is 1. The van der Waals surface area contributed by atoms with Gasteiger partial charge in [0.15, 0.2) is 6.10 Å². The van der Waals surface area contributed by atoms with Gasteiger partial charge in [0, 0.05) is 12.8 Å². The number of carbonyl (C=O) groups is 2. The molecular weight excluding hydrogens is 918 g/mol. The number of carbonyl (C=O) groups excluding carboxylic acids is 2. The van der Waals surface area contributed by atoms with Gasteiger partial charge in [-0.1, -0.05) is 227 Å². The molecule has 0 bridgehead atoms. The Morgan fingerprint density at radius 3 is 1.18 bits per heavy atom. The molecule has 0 aliphatic rings. The molecule has 0 radical (unpaired) electrons. The topological polar surface area (TPSA) is 111 Å². The van der Waals surface area contributed by atoms with Gasteiger partial charge in [0.25, 0.3) is 7.82 Å². The predicted molar refractivity (Wildman–Crippen MR) is 305 cm³/mol. The van der Waals surface area contributed by atoms with Crippen LogP contribution in [-0.4, -0.2) is 70.0 Å². The average Bonchev–Trinajstić information content (AvgIpc) is 3.34. The van der Waals surface area contributed by atoms with Crippen LogP contribution < -0.4 is 4.89 Å². The fourth-order valence-electron chi connectivity index (χ4n) is 7.89. The largest absolute Gasteiger partial charge is 0.756 e. The van der Waals surface area contributed by atoms with Gasteiger partial charge in [-0.15, -0.1) is 0 Å². The molecule has 0 saturated carbocycles. The quantitative estimate of drug-likeness (QED) is 0.0195. The number of likely N-dealkylation sites (N-methyl/N-ethyl adjacent to an activating group) is 1. The van der Waals surface area contributed by atoms with Gasteiger partial charge in [0.1, 0.15) is 19.8 Å². The molecule has 416 valence electrons. The van der Waals surface area contributed by atoms with Gasteiger partial charge in [-0.2, -0.15) is 0 Å². The maximum atomic E-state index is 12.8. The van der Waals surface area contributed by atoms with Crippen molar-refractivity contribution in [3.63, 3.8) is 0 Å². The molecule has 0 amide bonds. The highest BCUT2D eigenvalue weighted by molar-refractivity contribution is 7.45. The fourth-order valence-corrected chi connectivity index (χ4v) is 8.62. The van der Waals surface area contributed by atoms with Gasteiger partial charge in [0.2, 0.25) is 0 Å². The predicted octanol–water partition coefficient (Wildman–Crippen LogP) is 17.6. The lowest BCUT2D eigenvalue weighted by Crippen LogP contribution is -2.37. The van der Waals surface area contributed by atoms with E-state index in [9.17, 15) is 19.0 Å².